The van der Waals surface area contributed by atoms with Crippen LogP contribution < -0.4 is 16.6 Å². The average Bonchev–Trinajstić information content (AvgIpc) is 2.95. The summed E-state index contributed by atoms with van der Waals surface area (Å²) in [5.74, 6) is -1.16. The van der Waals surface area contributed by atoms with Crippen LogP contribution in [0, 0.1) is 12.8 Å². The maximum absolute atomic E-state index is 12.5. The van der Waals surface area contributed by atoms with E-state index < -0.39 is 48.1 Å². The molecule has 28 heavy (non-hydrogen) atoms. The minimum Gasteiger partial charge on any atom is -0.394 e. The molecule has 1 aromatic heterocycles. The Morgan fingerprint density at radius 1 is 1.29 bits per heavy atom. The van der Waals surface area contributed by atoms with Crippen molar-refractivity contribution < 1.29 is 19.7 Å². The van der Waals surface area contributed by atoms with E-state index in [0.717, 1.165) is 21.9 Å². The molecule has 0 spiro atoms. The fourth-order valence-corrected chi connectivity index (χ4v) is 3.18. The number of H-pyrrole nitrogens is 1. The lowest BCUT2D eigenvalue weighted by atomic mass is 10.0. The third-order valence-corrected chi connectivity index (χ3v) is 4.92. The molecule has 3 rings (SSSR count). The maximum atomic E-state index is 12.5. The van der Waals surface area contributed by atoms with Gasteiger partial charge in [0.25, 0.3) is 11.5 Å². The summed E-state index contributed by atoms with van der Waals surface area (Å²) in [7, 11) is 0. The van der Waals surface area contributed by atoms with Crippen molar-refractivity contribution >= 4 is 5.91 Å². The minimum absolute atomic E-state index is 0.222. The summed E-state index contributed by atoms with van der Waals surface area (Å²) in [5.41, 5.74) is 0.137. The number of carbonyl (C=O) groups excluding carboxylic acids is 1. The molecule has 9 nitrogen and oxygen atoms in total. The number of aryl methyl sites for hydroxylation is 1. The fraction of sp³-hybridized carbons (Fsp3) is 0.421. The molecule has 1 aliphatic heterocycles. The van der Waals surface area contributed by atoms with Gasteiger partial charge in [-0.15, -0.1) is 0 Å². The second kappa shape index (κ2) is 8.09. The number of hydrogen-bond donors (Lipinski definition) is 4. The first-order valence-corrected chi connectivity index (χ1v) is 8.95. The van der Waals surface area contributed by atoms with Crippen LogP contribution in [0.5, 0.6) is 0 Å². The first-order chi connectivity index (χ1) is 13.3. The fourth-order valence-electron chi connectivity index (χ4n) is 3.18. The molecule has 1 fully saturated rings. The van der Waals surface area contributed by atoms with Crippen LogP contribution >= 0.6 is 0 Å². The zero-order chi connectivity index (χ0) is 20.4. The Kier molecular flexibility index (Phi) is 5.78. The van der Waals surface area contributed by atoms with Gasteiger partial charge < -0.3 is 20.3 Å². The van der Waals surface area contributed by atoms with E-state index in [0.29, 0.717) is 0 Å². The highest BCUT2D eigenvalue weighted by molar-refractivity contribution is 5.93. The maximum Gasteiger partial charge on any atom is 0.330 e. The van der Waals surface area contributed by atoms with Gasteiger partial charge in [-0.25, -0.2) is 4.79 Å². The molecule has 4 N–H and O–H groups in total. The van der Waals surface area contributed by atoms with Crippen LogP contribution in [0.1, 0.15) is 34.6 Å². The number of rotatable bonds is 5. The van der Waals surface area contributed by atoms with Crippen molar-refractivity contribution in [2.75, 3.05) is 6.61 Å². The quantitative estimate of drug-likeness (QED) is 0.553. The summed E-state index contributed by atoms with van der Waals surface area (Å²) in [6, 6.07) is 7.56. The van der Waals surface area contributed by atoms with Crippen molar-refractivity contribution in [2.24, 2.45) is 5.92 Å². The monoisotopic (exact) mass is 389 g/mol. The molecule has 4 atom stereocenters. The second-order valence-corrected chi connectivity index (χ2v) is 6.97. The van der Waals surface area contributed by atoms with E-state index in [2.05, 4.69) is 10.3 Å². The van der Waals surface area contributed by atoms with Crippen LogP contribution in [-0.4, -0.2) is 44.5 Å². The number of ether oxygens (including phenoxy) is 1. The molecule has 0 radical (unpaired) electrons. The smallest absolute Gasteiger partial charge is 0.330 e. The van der Waals surface area contributed by atoms with Gasteiger partial charge in [0.15, 0.2) is 0 Å². The largest absolute Gasteiger partial charge is 0.394 e. The van der Waals surface area contributed by atoms with Gasteiger partial charge in [-0.1, -0.05) is 36.8 Å². The highest BCUT2D eigenvalue weighted by Gasteiger charge is 2.42. The van der Waals surface area contributed by atoms with E-state index in [1.54, 1.807) is 6.92 Å². The van der Waals surface area contributed by atoms with Gasteiger partial charge in [-0.05, 0) is 12.5 Å². The number of aliphatic hydroxyl groups excluding tert-OH is 2. The molecule has 9 heteroatoms. The van der Waals surface area contributed by atoms with E-state index in [9.17, 15) is 24.6 Å². The highest BCUT2D eigenvalue weighted by Crippen LogP contribution is 2.33. The number of carbonyl (C=O) groups is 1. The molecular weight excluding hydrogens is 366 g/mol. The van der Waals surface area contributed by atoms with Gasteiger partial charge in [-0.3, -0.25) is 19.1 Å². The molecule has 1 aliphatic rings. The van der Waals surface area contributed by atoms with Gasteiger partial charge >= 0.3 is 5.69 Å². The Morgan fingerprint density at radius 2 is 1.96 bits per heavy atom. The topological polar surface area (TPSA) is 134 Å². The number of hydrogen-bond acceptors (Lipinski definition) is 6. The molecule has 1 unspecified atom stereocenters. The molecule has 150 valence electrons. The third-order valence-electron chi connectivity index (χ3n) is 4.92. The molecular formula is C19H23N3O6. The summed E-state index contributed by atoms with van der Waals surface area (Å²) >= 11 is 0. The third kappa shape index (κ3) is 3.91. The molecule has 1 amide bonds. The van der Waals surface area contributed by atoms with Gasteiger partial charge in [0.2, 0.25) is 0 Å². The van der Waals surface area contributed by atoms with Crippen LogP contribution in [0.3, 0.4) is 0 Å². The Bertz CT molecular complexity index is 965. The lowest BCUT2D eigenvalue weighted by Gasteiger charge is -2.18. The van der Waals surface area contributed by atoms with E-state index in [4.69, 9.17) is 4.74 Å². The van der Waals surface area contributed by atoms with Crippen LogP contribution in [-0.2, 0) is 11.3 Å². The van der Waals surface area contributed by atoms with E-state index in [1.807, 2.05) is 31.2 Å². The van der Waals surface area contributed by atoms with Crippen molar-refractivity contribution in [3.63, 3.8) is 0 Å². The van der Waals surface area contributed by atoms with E-state index in [1.165, 1.54) is 0 Å². The number of nitrogens with one attached hydrogen (secondary N) is 2. The molecule has 2 heterocycles. The van der Waals surface area contributed by atoms with Crippen molar-refractivity contribution in [1.82, 2.24) is 14.9 Å². The lowest BCUT2D eigenvalue weighted by molar-refractivity contribution is -0.0477. The predicted octanol–water partition coefficient (Wildman–Crippen LogP) is -0.338. The van der Waals surface area contributed by atoms with E-state index in [-0.39, 0.29) is 12.1 Å². The molecule has 1 aromatic carbocycles. The Morgan fingerprint density at radius 3 is 2.57 bits per heavy atom. The van der Waals surface area contributed by atoms with Crippen molar-refractivity contribution in [1.29, 1.82) is 0 Å². The number of amides is 1. The first kappa shape index (κ1) is 20.0. The number of nitrogens with zero attached hydrogens (tertiary/aromatic N) is 1. The van der Waals surface area contributed by atoms with Crippen molar-refractivity contribution in [3.8, 4) is 0 Å². The summed E-state index contributed by atoms with van der Waals surface area (Å²) in [6.07, 6.45) is -1.62. The number of aromatic nitrogens is 2. The Hall–Kier alpha value is -2.75. The predicted molar refractivity (Wildman–Crippen MR) is 99.8 cm³/mol. The number of aliphatic hydroxyl groups is 2. The molecule has 1 saturated heterocycles. The number of benzene rings is 1. The van der Waals surface area contributed by atoms with Gasteiger partial charge in [0.05, 0.1) is 12.7 Å². The van der Waals surface area contributed by atoms with Gasteiger partial charge in [0.1, 0.15) is 17.9 Å². The first-order valence-electron chi connectivity index (χ1n) is 8.95. The molecule has 0 aliphatic carbocycles. The van der Waals surface area contributed by atoms with Crippen molar-refractivity contribution in [2.45, 2.75) is 38.8 Å². The zero-order valence-corrected chi connectivity index (χ0v) is 15.6. The minimum atomic E-state index is -0.979. The highest BCUT2D eigenvalue weighted by atomic mass is 16.5. The van der Waals surface area contributed by atoms with Gasteiger partial charge in [0, 0.05) is 18.7 Å². The van der Waals surface area contributed by atoms with Crippen LogP contribution in [0.25, 0.3) is 0 Å². The summed E-state index contributed by atoms with van der Waals surface area (Å²) in [4.78, 5) is 38.9. The van der Waals surface area contributed by atoms with Crippen molar-refractivity contribution in [3.05, 3.63) is 68.0 Å². The van der Waals surface area contributed by atoms with Crippen LogP contribution in [0.15, 0.2) is 40.1 Å². The molecule has 0 saturated carbocycles. The molecule has 0 bridgehead atoms. The average molecular weight is 389 g/mol. The SMILES string of the molecule is Cc1ccc(CNC(=O)c2cn([C@@H]3O[C@H](CO)C(O)[C@@H]3C)c(=O)[nH]c2=O)cc1. The van der Waals surface area contributed by atoms with Gasteiger partial charge in [-0.2, -0.15) is 0 Å². The van der Waals surface area contributed by atoms with Crippen LogP contribution in [0.2, 0.25) is 0 Å². The lowest BCUT2D eigenvalue weighted by Crippen LogP contribution is -2.39. The zero-order valence-electron chi connectivity index (χ0n) is 15.6. The molecule has 2 aromatic rings. The summed E-state index contributed by atoms with van der Waals surface area (Å²) < 4.78 is 6.59. The Balaban J connectivity index is 1.83. The van der Waals surface area contributed by atoms with Crippen LogP contribution in [0.4, 0.5) is 0 Å². The Labute approximate surface area is 160 Å². The normalized spacial score (nSPS) is 24.3. The van der Waals surface area contributed by atoms with E-state index >= 15 is 0 Å². The number of aromatic amines is 1. The summed E-state index contributed by atoms with van der Waals surface area (Å²) in [5, 5.41) is 22.0. The second-order valence-electron chi connectivity index (χ2n) is 6.97. The standard InChI is InChI=1S/C19H23N3O6/c1-10-3-5-12(6-4-10)7-20-16(25)13-8-22(19(27)21-17(13)26)18-11(2)15(24)14(9-23)28-18/h3-6,8,11,14-15,18,23-24H,7,9H2,1-2H3,(H,20,25)(H,21,26,27)/t11-,14+,15?,18+/m0/s1. The summed E-state index contributed by atoms with van der Waals surface area (Å²) in [6.45, 7) is 3.42.